The lowest BCUT2D eigenvalue weighted by molar-refractivity contribution is 0.0312. The average molecular weight is 254 g/mol. The van der Waals surface area contributed by atoms with Gasteiger partial charge in [0.2, 0.25) is 0 Å². The zero-order chi connectivity index (χ0) is 13.6. The van der Waals surface area contributed by atoms with Crippen molar-refractivity contribution < 1.29 is 5.11 Å². The van der Waals surface area contributed by atoms with Crippen LogP contribution in [0.25, 0.3) is 0 Å². The van der Waals surface area contributed by atoms with Crippen molar-refractivity contribution >= 4 is 0 Å². The van der Waals surface area contributed by atoms with Gasteiger partial charge in [0.25, 0.3) is 0 Å². The van der Waals surface area contributed by atoms with Gasteiger partial charge in [-0.05, 0) is 17.5 Å². The van der Waals surface area contributed by atoms with Gasteiger partial charge in [0.05, 0.1) is 5.60 Å². The van der Waals surface area contributed by atoms with Crippen molar-refractivity contribution in [3.8, 4) is 0 Å². The summed E-state index contributed by atoms with van der Waals surface area (Å²) in [6.07, 6.45) is 3.26. The van der Waals surface area contributed by atoms with E-state index >= 15 is 0 Å². The molecule has 0 aliphatic carbocycles. The van der Waals surface area contributed by atoms with Crippen molar-refractivity contribution in [2.45, 2.75) is 38.2 Å². The fourth-order valence-electron chi connectivity index (χ4n) is 2.66. The van der Waals surface area contributed by atoms with Crippen LogP contribution in [0.2, 0.25) is 0 Å². The zero-order valence-electron chi connectivity index (χ0n) is 11.5. The second-order valence-corrected chi connectivity index (χ2v) is 5.30. The Labute approximate surface area is 115 Å². The molecule has 0 heterocycles. The third-order valence-corrected chi connectivity index (χ3v) is 3.47. The highest BCUT2D eigenvalue weighted by molar-refractivity contribution is 5.21. The summed E-state index contributed by atoms with van der Waals surface area (Å²) < 4.78 is 0. The molecule has 1 nitrogen and oxygen atoms in total. The predicted molar refractivity (Wildman–Crippen MR) is 80.1 cm³/mol. The Balaban J connectivity index is 2.13. The first kappa shape index (κ1) is 13.8. The summed E-state index contributed by atoms with van der Waals surface area (Å²) in [6, 6.07) is 20.5. The fraction of sp³-hybridized carbons (Fsp3) is 0.333. The molecule has 1 heteroatoms. The van der Waals surface area contributed by atoms with E-state index in [0.29, 0.717) is 0 Å². The van der Waals surface area contributed by atoms with E-state index in [-0.39, 0.29) is 0 Å². The van der Waals surface area contributed by atoms with Gasteiger partial charge in [-0.25, -0.2) is 0 Å². The average Bonchev–Trinajstić information content (AvgIpc) is 2.41. The molecule has 1 N–H and O–H groups in total. The van der Waals surface area contributed by atoms with Crippen LogP contribution < -0.4 is 0 Å². The topological polar surface area (TPSA) is 20.2 Å². The summed E-state index contributed by atoms with van der Waals surface area (Å²) in [7, 11) is 0. The van der Waals surface area contributed by atoms with E-state index in [4.69, 9.17) is 0 Å². The molecule has 100 valence electrons. The van der Waals surface area contributed by atoms with Crippen molar-refractivity contribution in [1.82, 2.24) is 0 Å². The van der Waals surface area contributed by atoms with E-state index in [1.54, 1.807) is 0 Å². The maximum Gasteiger partial charge on any atom is 0.0728 e. The summed E-state index contributed by atoms with van der Waals surface area (Å²) in [5.74, 6) is 0. The lowest BCUT2D eigenvalue weighted by Gasteiger charge is -2.28. The Morgan fingerprint density at radius 2 is 1.21 bits per heavy atom. The SMILES string of the molecule is CCCC(O)(Cc1ccccc1)Cc1ccccc1. The molecule has 2 aromatic rings. The Morgan fingerprint density at radius 3 is 1.58 bits per heavy atom. The Kier molecular flexibility index (Phi) is 4.75. The molecule has 0 saturated carbocycles. The molecular weight excluding hydrogens is 232 g/mol. The number of aliphatic hydroxyl groups is 1. The van der Waals surface area contributed by atoms with Crippen LogP contribution >= 0.6 is 0 Å². The Bertz CT molecular complexity index is 434. The fourth-order valence-corrected chi connectivity index (χ4v) is 2.66. The van der Waals surface area contributed by atoms with Gasteiger partial charge in [0, 0.05) is 12.8 Å². The van der Waals surface area contributed by atoms with Gasteiger partial charge in [-0.1, -0.05) is 74.0 Å². The minimum absolute atomic E-state index is 0.641. The van der Waals surface area contributed by atoms with Crippen LogP contribution in [0.1, 0.15) is 30.9 Å². The molecule has 19 heavy (non-hydrogen) atoms. The zero-order valence-corrected chi connectivity index (χ0v) is 11.5. The Morgan fingerprint density at radius 1 is 0.789 bits per heavy atom. The number of hydrogen-bond donors (Lipinski definition) is 1. The van der Waals surface area contributed by atoms with Gasteiger partial charge in [-0.2, -0.15) is 0 Å². The van der Waals surface area contributed by atoms with Crippen LogP contribution in [0, 0.1) is 0 Å². The van der Waals surface area contributed by atoms with Crippen LogP contribution in [-0.2, 0) is 12.8 Å². The number of rotatable bonds is 6. The first-order valence-electron chi connectivity index (χ1n) is 7.02. The first-order valence-corrected chi connectivity index (χ1v) is 7.02. The van der Waals surface area contributed by atoms with Gasteiger partial charge in [0.1, 0.15) is 0 Å². The summed E-state index contributed by atoms with van der Waals surface area (Å²) in [5, 5.41) is 10.9. The van der Waals surface area contributed by atoms with Crippen molar-refractivity contribution in [2.24, 2.45) is 0 Å². The molecule has 0 aliphatic heterocycles. The summed E-state index contributed by atoms with van der Waals surface area (Å²) >= 11 is 0. The Hall–Kier alpha value is -1.60. The molecule has 2 aromatic carbocycles. The van der Waals surface area contributed by atoms with Gasteiger partial charge in [-0.3, -0.25) is 0 Å². The van der Waals surface area contributed by atoms with Gasteiger partial charge >= 0.3 is 0 Å². The van der Waals surface area contributed by atoms with Crippen LogP contribution in [0.5, 0.6) is 0 Å². The van der Waals surface area contributed by atoms with Crippen LogP contribution in [0.3, 0.4) is 0 Å². The normalized spacial score (nSPS) is 11.5. The van der Waals surface area contributed by atoms with Crippen LogP contribution in [0.4, 0.5) is 0 Å². The van der Waals surface area contributed by atoms with Crippen molar-refractivity contribution in [2.75, 3.05) is 0 Å². The molecule has 0 unspecified atom stereocenters. The minimum Gasteiger partial charge on any atom is -0.389 e. The maximum absolute atomic E-state index is 10.9. The summed E-state index contributed by atoms with van der Waals surface area (Å²) in [4.78, 5) is 0. The van der Waals surface area contributed by atoms with E-state index in [9.17, 15) is 5.11 Å². The third-order valence-electron chi connectivity index (χ3n) is 3.47. The second kappa shape index (κ2) is 6.53. The van der Waals surface area contributed by atoms with E-state index in [1.165, 1.54) is 11.1 Å². The smallest absolute Gasteiger partial charge is 0.0728 e. The number of hydrogen-bond acceptors (Lipinski definition) is 1. The lowest BCUT2D eigenvalue weighted by atomic mass is 9.84. The number of benzene rings is 2. The predicted octanol–water partition coefficient (Wildman–Crippen LogP) is 4.00. The molecule has 0 amide bonds. The maximum atomic E-state index is 10.9. The highest BCUT2D eigenvalue weighted by atomic mass is 16.3. The van der Waals surface area contributed by atoms with Gasteiger partial charge in [0.15, 0.2) is 0 Å². The molecule has 2 rings (SSSR count). The highest BCUT2D eigenvalue weighted by Gasteiger charge is 2.26. The van der Waals surface area contributed by atoms with E-state index in [2.05, 4.69) is 31.2 Å². The van der Waals surface area contributed by atoms with E-state index in [1.807, 2.05) is 36.4 Å². The van der Waals surface area contributed by atoms with E-state index in [0.717, 1.165) is 25.7 Å². The van der Waals surface area contributed by atoms with Crippen molar-refractivity contribution in [3.05, 3.63) is 71.8 Å². The highest BCUT2D eigenvalue weighted by Crippen LogP contribution is 2.24. The molecule has 0 bridgehead atoms. The van der Waals surface area contributed by atoms with Crippen LogP contribution in [-0.4, -0.2) is 10.7 Å². The largest absolute Gasteiger partial charge is 0.389 e. The molecule has 0 aliphatic rings. The third kappa shape index (κ3) is 4.22. The summed E-state index contributed by atoms with van der Waals surface area (Å²) in [6.45, 7) is 2.13. The van der Waals surface area contributed by atoms with E-state index < -0.39 is 5.60 Å². The lowest BCUT2D eigenvalue weighted by Crippen LogP contribution is -2.34. The molecule has 0 saturated heterocycles. The molecular formula is C18H22O. The summed E-state index contributed by atoms with van der Waals surface area (Å²) in [5.41, 5.74) is 1.76. The molecule has 0 spiro atoms. The minimum atomic E-state index is -0.641. The molecule has 0 radical (unpaired) electrons. The van der Waals surface area contributed by atoms with Crippen molar-refractivity contribution in [3.63, 3.8) is 0 Å². The standard InChI is InChI=1S/C18H22O/c1-2-13-18(19,14-16-9-5-3-6-10-16)15-17-11-7-4-8-12-17/h3-12,19H,2,13-15H2,1H3. The quantitative estimate of drug-likeness (QED) is 0.826. The second-order valence-electron chi connectivity index (χ2n) is 5.30. The molecule has 0 fully saturated rings. The van der Waals surface area contributed by atoms with Crippen molar-refractivity contribution in [1.29, 1.82) is 0 Å². The van der Waals surface area contributed by atoms with Gasteiger partial charge in [-0.15, -0.1) is 0 Å². The first-order chi connectivity index (χ1) is 9.22. The molecule has 0 atom stereocenters. The van der Waals surface area contributed by atoms with Gasteiger partial charge < -0.3 is 5.11 Å². The monoisotopic (exact) mass is 254 g/mol. The van der Waals surface area contributed by atoms with Crippen LogP contribution in [0.15, 0.2) is 60.7 Å². The molecule has 0 aromatic heterocycles.